The summed E-state index contributed by atoms with van der Waals surface area (Å²) in [6.45, 7) is 10.4. The molecular weight excluding hydrogens is 310 g/mol. The van der Waals surface area contributed by atoms with Crippen LogP contribution in [0.15, 0.2) is 30.5 Å². The summed E-state index contributed by atoms with van der Waals surface area (Å²) in [7, 11) is 2.16. The minimum atomic E-state index is 0.276. The van der Waals surface area contributed by atoms with Crippen LogP contribution in [0.3, 0.4) is 0 Å². The molecule has 2 heterocycles. The van der Waals surface area contributed by atoms with Crippen LogP contribution < -0.4 is 0 Å². The minimum Gasteiger partial charge on any atom is -0.328 e. The normalized spacial score (nSPS) is 17.7. The zero-order chi connectivity index (χ0) is 18.0. The first-order valence-corrected chi connectivity index (χ1v) is 8.97. The van der Waals surface area contributed by atoms with Gasteiger partial charge in [0.05, 0.1) is 23.4 Å². The highest BCUT2D eigenvalue weighted by Gasteiger charge is 2.27. The van der Waals surface area contributed by atoms with Gasteiger partial charge in [0.25, 0.3) is 0 Å². The van der Waals surface area contributed by atoms with Crippen molar-refractivity contribution in [2.75, 3.05) is 13.6 Å². The van der Waals surface area contributed by atoms with E-state index >= 15 is 0 Å². The standard InChI is InChI=1S/C20H27N5/c1-15(2)23(4)14-19-12-22-20-16(3)24(8-9-25(19)20)13-18-7-5-6-17(10-18)11-21/h5-7,10,12,15-16H,8-9,13-14H2,1-4H3. The molecule has 0 fully saturated rings. The average Bonchev–Trinajstić information content (AvgIpc) is 3.01. The lowest BCUT2D eigenvalue weighted by molar-refractivity contribution is 0.152. The van der Waals surface area contributed by atoms with Gasteiger partial charge >= 0.3 is 0 Å². The maximum absolute atomic E-state index is 9.08. The summed E-state index contributed by atoms with van der Waals surface area (Å²) in [5.74, 6) is 1.15. The lowest BCUT2D eigenvalue weighted by Gasteiger charge is -2.35. The Labute approximate surface area is 150 Å². The highest BCUT2D eigenvalue weighted by molar-refractivity contribution is 5.32. The third-order valence-electron chi connectivity index (χ3n) is 5.24. The number of aromatic nitrogens is 2. The van der Waals surface area contributed by atoms with Crippen LogP contribution >= 0.6 is 0 Å². The fraction of sp³-hybridized carbons (Fsp3) is 0.500. The van der Waals surface area contributed by atoms with Crippen molar-refractivity contribution in [3.05, 3.63) is 53.1 Å². The molecule has 1 aromatic carbocycles. The molecule has 1 atom stereocenters. The van der Waals surface area contributed by atoms with Gasteiger partial charge in [-0.15, -0.1) is 0 Å². The number of nitrogens with zero attached hydrogens (tertiary/aromatic N) is 5. The first-order valence-electron chi connectivity index (χ1n) is 8.97. The van der Waals surface area contributed by atoms with Crippen LogP contribution in [-0.4, -0.2) is 39.0 Å². The second-order valence-electron chi connectivity index (χ2n) is 7.23. The molecule has 2 aromatic rings. The molecule has 0 bridgehead atoms. The van der Waals surface area contributed by atoms with Crippen molar-refractivity contribution in [2.45, 2.75) is 52.5 Å². The van der Waals surface area contributed by atoms with Crippen LogP contribution in [0.5, 0.6) is 0 Å². The molecule has 25 heavy (non-hydrogen) atoms. The molecule has 0 spiro atoms. The van der Waals surface area contributed by atoms with Gasteiger partial charge in [0.15, 0.2) is 0 Å². The molecule has 0 amide bonds. The third kappa shape index (κ3) is 3.76. The maximum atomic E-state index is 9.08. The molecule has 0 saturated carbocycles. The summed E-state index contributed by atoms with van der Waals surface area (Å²) in [6.07, 6.45) is 2.03. The zero-order valence-electron chi connectivity index (χ0n) is 15.6. The monoisotopic (exact) mass is 337 g/mol. The predicted octanol–water partition coefficient (Wildman–Crippen LogP) is 3.17. The molecule has 0 saturated heterocycles. The van der Waals surface area contributed by atoms with E-state index in [0.717, 1.165) is 37.6 Å². The van der Waals surface area contributed by atoms with Crippen molar-refractivity contribution in [3.8, 4) is 6.07 Å². The smallest absolute Gasteiger partial charge is 0.126 e. The van der Waals surface area contributed by atoms with E-state index in [0.29, 0.717) is 6.04 Å². The minimum absolute atomic E-state index is 0.276. The summed E-state index contributed by atoms with van der Waals surface area (Å²) in [6, 6.07) is 10.9. The highest BCUT2D eigenvalue weighted by Crippen LogP contribution is 2.27. The van der Waals surface area contributed by atoms with E-state index < -0.39 is 0 Å². The van der Waals surface area contributed by atoms with Gasteiger partial charge in [-0.3, -0.25) is 9.80 Å². The Morgan fingerprint density at radius 1 is 1.36 bits per heavy atom. The van der Waals surface area contributed by atoms with Crippen molar-refractivity contribution < 1.29 is 0 Å². The van der Waals surface area contributed by atoms with Gasteiger partial charge in [0, 0.05) is 38.4 Å². The number of imidazole rings is 1. The number of hydrogen-bond acceptors (Lipinski definition) is 4. The number of fused-ring (bicyclic) bond motifs is 1. The van der Waals surface area contributed by atoms with Gasteiger partial charge in [0.1, 0.15) is 5.82 Å². The van der Waals surface area contributed by atoms with Crippen molar-refractivity contribution >= 4 is 0 Å². The molecule has 1 aromatic heterocycles. The van der Waals surface area contributed by atoms with Crippen molar-refractivity contribution in [3.63, 3.8) is 0 Å². The second-order valence-corrected chi connectivity index (χ2v) is 7.23. The number of benzene rings is 1. The van der Waals surface area contributed by atoms with Gasteiger partial charge < -0.3 is 4.57 Å². The Bertz CT molecular complexity index is 771. The van der Waals surface area contributed by atoms with E-state index in [2.05, 4.69) is 54.3 Å². The van der Waals surface area contributed by atoms with E-state index in [1.165, 1.54) is 11.3 Å². The summed E-state index contributed by atoms with van der Waals surface area (Å²) in [5.41, 5.74) is 3.21. The molecule has 1 unspecified atom stereocenters. The Kier molecular flexibility index (Phi) is 5.22. The number of hydrogen-bond donors (Lipinski definition) is 0. The molecule has 5 heteroatoms. The fourth-order valence-corrected chi connectivity index (χ4v) is 3.36. The van der Waals surface area contributed by atoms with Crippen molar-refractivity contribution in [1.82, 2.24) is 19.4 Å². The van der Waals surface area contributed by atoms with Crippen LogP contribution in [-0.2, 0) is 19.6 Å². The SMILES string of the molecule is CC(C)N(C)Cc1cnc2n1CCN(Cc1cccc(C#N)c1)C2C. The lowest BCUT2D eigenvalue weighted by atomic mass is 10.1. The second kappa shape index (κ2) is 7.38. The van der Waals surface area contributed by atoms with E-state index in [-0.39, 0.29) is 6.04 Å². The molecule has 0 radical (unpaired) electrons. The van der Waals surface area contributed by atoms with Gasteiger partial charge in [-0.1, -0.05) is 12.1 Å². The number of rotatable bonds is 5. The molecular formula is C20H27N5. The first kappa shape index (κ1) is 17.7. The van der Waals surface area contributed by atoms with Gasteiger partial charge in [0.2, 0.25) is 0 Å². The van der Waals surface area contributed by atoms with Gasteiger partial charge in [-0.2, -0.15) is 5.26 Å². The summed E-state index contributed by atoms with van der Waals surface area (Å²) in [4.78, 5) is 9.50. The Morgan fingerprint density at radius 3 is 2.88 bits per heavy atom. The molecule has 3 rings (SSSR count). The Morgan fingerprint density at radius 2 is 2.16 bits per heavy atom. The van der Waals surface area contributed by atoms with Crippen LogP contribution in [0.4, 0.5) is 0 Å². The molecule has 1 aliphatic heterocycles. The van der Waals surface area contributed by atoms with E-state index in [4.69, 9.17) is 10.2 Å². The summed E-state index contributed by atoms with van der Waals surface area (Å²) in [5, 5.41) is 9.08. The molecule has 132 valence electrons. The van der Waals surface area contributed by atoms with Crippen LogP contribution in [0.2, 0.25) is 0 Å². The fourth-order valence-electron chi connectivity index (χ4n) is 3.36. The van der Waals surface area contributed by atoms with Crippen LogP contribution in [0.25, 0.3) is 0 Å². The Balaban J connectivity index is 1.74. The van der Waals surface area contributed by atoms with Crippen LogP contribution in [0.1, 0.15) is 49.5 Å². The predicted molar refractivity (Wildman–Crippen MR) is 98.8 cm³/mol. The quantitative estimate of drug-likeness (QED) is 0.841. The Hall–Kier alpha value is -2.16. The zero-order valence-corrected chi connectivity index (χ0v) is 15.6. The molecule has 5 nitrogen and oxygen atoms in total. The van der Waals surface area contributed by atoms with Gasteiger partial charge in [-0.05, 0) is 45.5 Å². The molecule has 0 aliphatic carbocycles. The summed E-state index contributed by atoms with van der Waals surface area (Å²) < 4.78 is 2.38. The molecule has 0 N–H and O–H groups in total. The van der Waals surface area contributed by atoms with Gasteiger partial charge in [-0.25, -0.2) is 4.98 Å². The van der Waals surface area contributed by atoms with E-state index in [9.17, 15) is 0 Å². The maximum Gasteiger partial charge on any atom is 0.126 e. The lowest BCUT2D eigenvalue weighted by Crippen LogP contribution is -2.37. The largest absolute Gasteiger partial charge is 0.328 e. The first-order chi connectivity index (χ1) is 12.0. The summed E-state index contributed by atoms with van der Waals surface area (Å²) >= 11 is 0. The number of nitriles is 1. The van der Waals surface area contributed by atoms with Crippen molar-refractivity contribution in [2.24, 2.45) is 0 Å². The van der Waals surface area contributed by atoms with E-state index in [1.54, 1.807) is 0 Å². The highest BCUT2D eigenvalue weighted by atomic mass is 15.3. The molecule has 1 aliphatic rings. The van der Waals surface area contributed by atoms with Crippen molar-refractivity contribution in [1.29, 1.82) is 5.26 Å². The third-order valence-corrected chi connectivity index (χ3v) is 5.24. The topological polar surface area (TPSA) is 48.1 Å². The average molecular weight is 337 g/mol. The van der Waals surface area contributed by atoms with Crippen LogP contribution in [0, 0.1) is 11.3 Å². The van der Waals surface area contributed by atoms with E-state index in [1.807, 2.05) is 24.4 Å².